The van der Waals surface area contributed by atoms with E-state index in [1.54, 1.807) is 60.8 Å². The van der Waals surface area contributed by atoms with Crippen molar-refractivity contribution in [3.63, 3.8) is 0 Å². The second kappa shape index (κ2) is 9.39. The standard InChI is InChI=1S/C25H17ClN4O3/c1-16-8-10-20(11-9-16)33-24-21(25(32)30-12-3-2-7-22(30)29-24)13-17(15-27)23(31)28-19-6-4-5-18(26)14-19/h2-14H,1H3,(H,28,31)/b17-13+. The summed E-state index contributed by atoms with van der Waals surface area (Å²) < 4.78 is 7.20. The van der Waals surface area contributed by atoms with E-state index in [4.69, 9.17) is 16.3 Å². The monoisotopic (exact) mass is 456 g/mol. The van der Waals surface area contributed by atoms with Crippen LogP contribution in [-0.2, 0) is 4.79 Å². The van der Waals surface area contributed by atoms with Gasteiger partial charge in [-0.05, 0) is 55.5 Å². The molecule has 4 rings (SSSR count). The highest BCUT2D eigenvalue weighted by atomic mass is 35.5. The number of aromatic nitrogens is 2. The number of benzene rings is 2. The Bertz CT molecular complexity index is 1480. The zero-order valence-corrected chi connectivity index (χ0v) is 18.2. The number of rotatable bonds is 5. The Hall–Kier alpha value is -4.41. The summed E-state index contributed by atoms with van der Waals surface area (Å²) in [5.74, 6) is -0.249. The van der Waals surface area contributed by atoms with Crippen LogP contribution in [0, 0.1) is 18.3 Å². The van der Waals surface area contributed by atoms with Crippen LogP contribution in [-0.4, -0.2) is 15.3 Å². The van der Waals surface area contributed by atoms with Crippen LogP contribution in [0.25, 0.3) is 11.7 Å². The van der Waals surface area contributed by atoms with Gasteiger partial charge in [-0.15, -0.1) is 0 Å². The molecule has 0 aliphatic rings. The van der Waals surface area contributed by atoms with Crippen molar-refractivity contribution >= 4 is 34.9 Å². The summed E-state index contributed by atoms with van der Waals surface area (Å²) in [5, 5.41) is 12.7. The van der Waals surface area contributed by atoms with Crippen molar-refractivity contribution in [1.29, 1.82) is 5.26 Å². The van der Waals surface area contributed by atoms with Gasteiger partial charge in [0.15, 0.2) is 0 Å². The van der Waals surface area contributed by atoms with Crippen LogP contribution in [0.5, 0.6) is 11.6 Å². The molecule has 2 heterocycles. The number of aryl methyl sites for hydroxylation is 1. The van der Waals surface area contributed by atoms with E-state index in [0.29, 0.717) is 22.1 Å². The van der Waals surface area contributed by atoms with E-state index in [0.717, 1.165) is 5.56 Å². The Kier molecular flexibility index (Phi) is 6.20. The number of amides is 1. The second-order valence-electron chi connectivity index (χ2n) is 7.11. The number of nitriles is 1. The quantitative estimate of drug-likeness (QED) is 0.337. The molecule has 0 bridgehead atoms. The third-order valence-corrected chi connectivity index (χ3v) is 4.94. The van der Waals surface area contributed by atoms with E-state index < -0.39 is 11.5 Å². The predicted molar refractivity (Wildman–Crippen MR) is 126 cm³/mol. The minimum Gasteiger partial charge on any atom is -0.438 e. The lowest BCUT2D eigenvalue weighted by molar-refractivity contribution is -0.112. The van der Waals surface area contributed by atoms with E-state index in [-0.39, 0.29) is 17.0 Å². The lowest BCUT2D eigenvalue weighted by Crippen LogP contribution is -2.20. The first-order valence-electron chi connectivity index (χ1n) is 9.89. The van der Waals surface area contributed by atoms with Crippen molar-refractivity contribution in [2.24, 2.45) is 0 Å². The van der Waals surface area contributed by atoms with Gasteiger partial charge in [-0.3, -0.25) is 14.0 Å². The molecule has 7 nitrogen and oxygen atoms in total. The van der Waals surface area contributed by atoms with Gasteiger partial charge >= 0.3 is 0 Å². The van der Waals surface area contributed by atoms with Crippen LogP contribution in [0.4, 0.5) is 5.69 Å². The second-order valence-corrected chi connectivity index (χ2v) is 7.55. The molecule has 0 fully saturated rings. The van der Waals surface area contributed by atoms with E-state index >= 15 is 0 Å². The SMILES string of the molecule is Cc1ccc(Oc2nc3ccccn3c(=O)c2/C=C(\C#N)C(=O)Nc2cccc(Cl)c2)cc1. The summed E-state index contributed by atoms with van der Waals surface area (Å²) in [4.78, 5) is 30.4. The van der Waals surface area contributed by atoms with Crippen LogP contribution in [0.1, 0.15) is 11.1 Å². The van der Waals surface area contributed by atoms with Crippen LogP contribution >= 0.6 is 11.6 Å². The number of pyridine rings is 1. The predicted octanol–water partition coefficient (Wildman–Crippen LogP) is 4.99. The highest BCUT2D eigenvalue weighted by molar-refractivity contribution is 6.31. The molecular weight excluding hydrogens is 440 g/mol. The largest absolute Gasteiger partial charge is 0.438 e. The van der Waals surface area contributed by atoms with Crippen LogP contribution in [0.2, 0.25) is 5.02 Å². The molecule has 162 valence electrons. The molecule has 1 N–H and O–H groups in total. The number of nitrogens with one attached hydrogen (secondary N) is 1. The molecule has 0 aliphatic carbocycles. The van der Waals surface area contributed by atoms with Crippen LogP contribution in [0.15, 0.2) is 83.3 Å². The Balaban J connectivity index is 1.79. The summed E-state index contributed by atoms with van der Waals surface area (Å²) >= 11 is 5.96. The summed E-state index contributed by atoms with van der Waals surface area (Å²) in [6, 6.07) is 20.6. The fourth-order valence-electron chi connectivity index (χ4n) is 3.06. The molecule has 0 unspecified atom stereocenters. The van der Waals surface area contributed by atoms with Gasteiger partial charge < -0.3 is 10.1 Å². The molecule has 0 saturated heterocycles. The van der Waals surface area contributed by atoms with Gasteiger partial charge in [-0.2, -0.15) is 10.2 Å². The maximum absolute atomic E-state index is 13.2. The number of ether oxygens (including phenoxy) is 1. The zero-order valence-electron chi connectivity index (χ0n) is 17.4. The Morgan fingerprint density at radius 2 is 1.94 bits per heavy atom. The normalized spacial score (nSPS) is 11.1. The highest BCUT2D eigenvalue weighted by Crippen LogP contribution is 2.24. The van der Waals surface area contributed by atoms with Gasteiger partial charge in [-0.1, -0.05) is 41.4 Å². The molecule has 0 atom stereocenters. The Labute approximate surface area is 194 Å². The van der Waals surface area contributed by atoms with Crippen LogP contribution in [0.3, 0.4) is 0 Å². The fourth-order valence-corrected chi connectivity index (χ4v) is 3.25. The molecular formula is C25H17ClN4O3. The first kappa shape index (κ1) is 21.8. The topological polar surface area (TPSA) is 96.5 Å². The average Bonchev–Trinajstić information content (AvgIpc) is 2.80. The molecule has 1 amide bonds. The first-order valence-corrected chi connectivity index (χ1v) is 10.3. The summed E-state index contributed by atoms with van der Waals surface area (Å²) in [6.45, 7) is 1.94. The molecule has 0 saturated carbocycles. The van der Waals surface area contributed by atoms with Crippen molar-refractivity contribution < 1.29 is 9.53 Å². The molecule has 4 aromatic rings. The molecule has 0 aliphatic heterocycles. The molecule has 2 aromatic heterocycles. The minimum absolute atomic E-state index is 0.0154. The number of carbonyl (C=O) groups is 1. The molecule has 33 heavy (non-hydrogen) atoms. The van der Waals surface area contributed by atoms with Crippen LogP contribution < -0.4 is 15.6 Å². The molecule has 8 heteroatoms. The number of fused-ring (bicyclic) bond motifs is 1. The first-order chi connectivity index (χ1) is 15.9. The summed E-state index contributed by atoms with van der Waals surface area (Å²) in [6.07, 6.45) is 2.73. The van der Waals surface area contributed by atoms with Gasteiger partial charge in [-0.25, -0.2) is 0 Å². The number of anilines is 1. The maximum Gasteiger partial charge on any atom is 0.269 e. The number of carbonyl (C=O) groups excluding carboxylic acids is 1. The smallest absolute Gasteiger partial charge is 0.269 e. The van der Waals surface area contributed by atoms with Crippen molar-refractivity contribution in [1.82, 2.24) is 9.38 Å². The van der Waals surface area contributed by atoms with Gasteiger partial charge in [0.25, 0.3) is 11.5 Å². The van der Waals surface area contributed by atoms with Gasteiger partial charge in [0.2, 0.25) is 5.88 Å². The van der Waals surface area contributed by atoms with Gasteiger partial charge in [0.1, 0.15) is 28.6 Å². The van der Waals surface area contributed by atoms with Crippen molar-refractivity contribution in [3.05, 3.63) is 105 Å². The fraction of sp³-hybridized carbons (Fsp3) is 0.0400. The van der Waals surface area contributed by atoms with Gasteiger partial charge in [0, 0.05) is 16.9 Å². The van der Waals surface area contributed by atoms with Gasteiger partial charge in [0.05, 0.1) is 0 Å². The van der Waals surface area contributed by atoms with E-state index in [1.807, 2.05) is 25.1 Å². The lowest BCUT2D eigenvalue weighted by Gasteiger charge is -2.10. The van der Waals surface area contributed by atoms with Crippen molar-refractivity contribution in [3.8, 4) is 17.7 Å². The molecule has 0 radical (unpaired) electrons. The maximum atomic E-state index is 13.2. The lowest BCUT2D eigenvalue weighted by atomic mass is 10.1. The third-order valence-electron chi connectivity index (χ3n) is 4.71. The third kappa shape index (κ3) is 4.92. The summed E-state index contributed by atoms with van der Waals surface area (Å²) in [7, 11) is 0. The van der Waals surface area contributed by atoms with E-state index in [2.05, 4.69) is 10.3 Å². The summed E-state index contributed by atoms with van der Waals surface area (Å²) in [5.41, 5.74) is 1.02. The minimum atomic E-state index is -0.696. The number of hydrogen-bond acceptors (Lipinski definition) is 5. The highest BCUT2D eigenvalue weighted by Gasteiger charge is 2.17. The average molecular weight is 457 g/mol. The van der Waals surface area contributed by atoms with Crippen molar-refractivity contribution in [2.45, 2.75) is 6.92 Å². The van der Waals surface area contributed by atoms with E-state index in [9.17, 15) is 14.9 Å². The number of nitrogens with zero attached hydrogens (tertiary/aromatic N) is 3. The molecule has 0 spiro atoms. The van der Waals surface area contributed by atoms with E-state index in [1.165, 1.54) is 10.5 Å². The number of hydrogen-bond donors (Lipinski definition) is 1. The Morgan fingerprint density at radius 3 is 2.67 bits per heavy atom. The molecule has 2 aromatic carbocycles. The Morgan fingerprint density at radius 1 is 1.15 bits per heavy atom. The zero-order chi connectivity index (χ0) is 23.4. The van der Waals surface area contributed by atoms with Crippen molar-refractivity contribution in [2.75, 3.05) is 5.32 Å². The number of halogens is 1.